The number of carboxylic acid groups (broad SMARTS) is 1. The fraction of sp³-hybridized carbons (Fsp3) is 0.321. The summed E-state index contributed by atoms with van der Waals surface area (Å²) in [6.07, 6.45) is 3.38. The van der Waals surface area contributed by atoms with Gasteiger partial charge in [0.25, 0.3) is 5.91 Å². The number of hydrogen-bond acceptors (Lipinski definition) is 6. The Balaban J connectivity index is 1.75. The van der Waals surface area contributed by atoms with Crippen molar-refractivity contribution in [3.63, 3.8) is 0 Å². The Morgan fingerprint density at radius 2 is 1.95 bits per heavy atom. The fourth-order valence-electron chi connectivity index (χ4n) is 3.69. The molecule has 208 valence electrons. The van der Waals surface area contributed by atoms with E-state index in [2.05, 4.69) is 17.2 Å². The molecule has 39 heavy (non-hydrogen) atoms. The summed E-state index contributed by atoms with van der Waals surface area (Å²) in [7, 11) is 1.54. The number of benzene rings is 2. The highest BCUT2D eigenvalue weighted by Gasteiger charge is 2.20. The quantitative estimate of drug-likeness (QED) is 0.154. The third kappa shape index (κ3) is 8.09. The van der Waals surface area contributed by atoms with Gasteiger partial charge in [-0.25, -0.2) is 14.2 Å². The molecule has 0 aliphatic rings. The van der Waals surface area contributed by atoms with Gasteiger partial charge in [-0.1, -0.05) is 48.7 Å². The maximum Gasteiger partial charge on any atom is 0.331 e. The Bertz CT molecular complexity index is 1340. The zero-order valence-electron chi connectivity index (χ0n) is 21.7. The van der Waals surface area contributed by atoms with Gasteiger partial charge in [0.15, 0.2) is 5.13 Å². The lowest BCUT2D eigenvalue weighted by Gasteiger charge is -2.17. The first kappa shape index (κ1) is 30.7. The van der Waals surface area contributed by atoms with E-state index in [0.717, 1.165) is 24.2 Å². The third-order valence-corrected chi connectivity index (χ3v) is 7.25. The second-order valence-corrected chi connectivity index (χ2v) is 10.3. The van der Waals surface area contributed by atoms with Gasteiger partial charge in [-0.05, 0) is 37.6 Å². The van der Waals surface area contributed by atoms with E-state index in [1.165, 1.54) is 32.2 Å². The molecule has 1 amide bonds. The predicted molar refractivity (Wildman–Crippen MR) is 153 cm³/mol. The number of carbonyl (C=O) groups is 2. The van der Waals surface area contributed by atoms with E-state index in [-0.39, 0.29) is 31.9 Å². The molecular weight excluding hydrogens is 566 g/mol. The van der Waals surface area contributed by atoms with Crippen molar-refractivity contribution in [3.05, 3.63) is 73.8 Å². The summed E-state index contributed by atoms with van der Waals surface area (Å²) in [6.45, 7) is 4.61. The molecule has 0 saturated heterocycles. The zero-order valence-corrected chi connectivity index (χ0v) is 24.1. The third-order valence-electron chi connectivity index (χ3n) is 5.87. The van der Waals surface area contributed by atoms with E-state index < -0.39 is 23.8 Å². The van der Waals surface area contributed by atoms with E-state index in [0.29, 0.717) is 36.5 Å². The van der Waals surface area contributed by atoms with Crippen molar-refractivity contribution in [2.45, 2.75) is 39.2 Å². The van der Waals surface area contributed by atoms with E-state index >= 15 is 4.39 Å². The maximum atomic E-state index is 15.5. The van der Waals surface area contributed by atoms with Crippen LogP contribution in [0.15, 0.2) is 41.3 Å². The minimum atomic E-state index is -1.11. The minimum Gasteiger partial charge on any atom is -0.478 e. The Labute approximate surface area is 240 Å². The molecule has 3 rings (SSSR count). The van der Waals surface area contributed by atoms with E-state index in [1.54, 1.807) is 23.6 Å². The van der Waals surface area contributed by atoms with Crippen LogP contribution < -0.4 is 5.32 Å². The second-order valence-electron chi connectivity index (χ2n) is 8.67. The molecule has 0 bridgehead atoms. The van der Waals surface area contributed by atoms with Crippen LogP contribution in [0, 0.1) is 5.82 Å². The first-order valence-electron chi connectivity index (χ1n) is 12.2. The van der Waals surface area contributed by atoms with Crippen molar-refractivity contribution in [1.82, 2.24) is 4.98 Å². The fourth-order valence-corrected chi connectivity index (χ4v) is 4.99. The smallest absolute Gasteiger partial charge is 0.331 e. The number of methoxy groups -OCH3 is 1. The zero-order chi connectivity index (χ0) is 28.5. The second kappa shape index (κ2) is 14.5. The largest absolute Gasteiger partial charge is 0.478 e. The van der Waals surface area contributed by atoms with Crippen LogP contribution in [0.25, 0.3) is 17.3 Å². The Kier molecular flexibility index (Phi) is 11.4. The minimum absolute atomic E-state index is 0.0414. The molecular formula is C28H29Cl2FN2O5S. The first-order valence-corrected chi connectivity index (χ1v) is 13.9. The summed E-state index contributed by atoms with van der Waals surface area (Å²) in [5, 5.41) is 13.9. The highest BCUT2D eigenvalue weighted by Crippen LogP contribution is 2.33. The van der Waals surface area contributed by atoms with Gasteiger partial charge in [-0.2, -0.15) is 0 Å². The number of carboxylic acids is 1. The number of anilines is 1. The lowest BCUT2D eigenvalue weighted by Crippen LogP contribution is -2.12. The predicted octanol–water partition coefficient (Wildman–Crippen LogP) is 7.89. The molecule has 2 aromatic carbocycles. The molecule has 1 unspecified atom stereocenters. The van der Waals surface area contributed by atoms with Crippen molar-refractivity contribution < 1.29 is 28.6 Å². The van der Waals surface area contributed by atoms with Crippen molar-refractivity contribution in [2.75, 3.05) is 25.6 Å². The molecule has 0 spiro atoms. The number of unbranched alkanes of at least 4 members (excludes halogenated alkanes) is 1. The number of carbonyl (C=O) groups excluding carboxylic acids is 1. The monoisotopic (exact) mass is 594 g/mol. The molecule has 0 fully saturated rings. The standard InChI is InChI=1S/C28H29Cl2FN2O5S/c1-4-5-10-38-11-9-24(37-3)19-8-6-7-18(25(19)31)23-15-39-28(32-23)33-26(34)17-13-21(29)20(22(30)14-17)12-16(2)27(35)36/h6-8,12-15,24H,4-5,9-11H2,1-3H3,(H,35,36)(H,32,33,34)/b16-12+. The van der Waals surface area contributed by atoms with Crippen LogP contribution >= 0.6 is 34.5 Å². The number of amides is 1. The van der Waals surface area contributed by atoms with Crippen LogP contribution in [-0.4, -0.2) is 42.3 Å². The number of thiazole rings is 1. The lowest BCUT2D eigenvalue weighted by molar-refractivity contribution is -0.132. The summed E-state index contributed by atoms with van der Waals surface area (Å²) in [4.78, 5) is 28.3. The van der Waals surface area contributed by atoms with Crippen LogP contribution in [0.4, 0.5) is 9.52 Å². The summed E-state index contributed by atoms with van der Waals surface area (Å²) >= 11 is 13.7. The molecule has 0 aliphatic heterocycles. The molecule has 2 N–H and O–H groups in total. The van der Waals surface area contributed by atoms with E-state index in [1.807, 2.05) is 0 Å². The van der Waals surface area contributed by atoms with E-state index in [9.17, 15) is 9.59 Å². The van der Waals surface area contributed by atoms with Gasteiger partial charge in [0.05, 0.1) is 21.8 Å². The van der Waals surface area contributed by atoms with Gasteiger partial charge in [0, 0.05) is 60.0 Å². The highest BCUT2D eigenvalue weighted by atomic mass is 35.5. The molecule has 0 radical (unpaired) electrons. The summed E-state index contributed by atoms with van der Waals surface area (Å²) in [5.41, 5.74) is 1.55. The van der Waals surface area contributed by atoms with Gasteiger partial charge in [-0.15, -0.1) is 11.3 Å². The van der Waals surface area contributed by atoms with Crippen molar-refractivity contribution >= 4 is 57.6 Å². The number of rotatable bonds is 13. The van der Waals surface area contributed by atoms with Crippen molar-refractivity contribution in [2.24, 2.45) is 0 Å². The molecule has 11 heteroatoms. The van der Waals surface area contributed by atoms with Gasteiger partial charge in [-0.3, -0.25) is 10.1 Å². The van der Waals surface area contributed by atoms with Crippen LogP contribution in [0.2, 0.25) is 10.0 Å². The Morgan fingerprint density at radius 3 is 2.59 bits per heavy atom. The van der Waals surface area contributed by atoms with E-state index in [4.69, 9.17) is 37.8 Å². The molecule has 1 aromatic heterocycles. The molecule has 0 saturated carbocycles. The topological polar surface area (TPSA) is 97.8 Å². The number of nitrogens with one attached hydrogen (secondary N) is 1. The Morgan fingerprint density at radius 1 is 1.23 bits per heavy atom. The number of ether oxygens (including phenoxy) is 2. The summed E-state index contributed by atoms with van der Waals surface area (Å²) in [5.74, 6) is -2.08. The van der Waals surface area contributed by atoms with Gasteiger partial charge in [0.2, 0.25) is 0 Å². The maximum absolute atomic E-state index is 15.5. The number of aliphatic carboxylic acids is 1. The first-order chi connectivity index (χ1) is 18.7. The van der Waals surface area contributed by atoms with Crippen molar-refractivity contribution in [1.29, 1.82) is 0 Å². The average molecular weight is 596 g/mol. The number of nitrogens with zero attached hydrogens (tertiary/aromatic N) is 1. The molecule has 3 aromatic rings. The van der Waals surface area contributed by atoms with Gasteiger partial charge < -0.3 is 14.6 Å². The molecule has 0 aliphatic carbocycles. The number of halogens is 3. The van der Waals surface area contributed by atoms with Crippen LogP contribution in [0.5, 0.6) is 0 Å². The lowest BCUT2D eigenvalue weighted by atomic mass is 10.0. The molecule has 1 heterocycles. The van der Waals surface area contributed by atoms with Crippen LogP contribution in [0.1, 0.15) is 60.7 Å². The molecule has 1 atom stereocenters. The van der Waals surface area contributed by atoms with Crippen LogP contribution in [0.3, 0.4) is 0 Å². The SMILES string of the molecule is CCCCOCCC(OC)c1cccc(-c2csc(NC(=O)c3cc(Cl)c(/C=C(\C)C(=O)O)c(Cl)c3)n2)c1F. The average Bonchev–Trinajstić information content (AvgIpc) is 3.36. The summed E-state index contributed by atoms with van der Waals surface area (Å²) < 4.78 is 26.7. The summed E-state index contributed by atoms with van der Waals surface area (Å²) in [6, 6.07) is 7.81. The Hall–Kier alpha value is -2.82. The molecule has 7 nitrogen and oxygen atoms in total. The van der Waals surface area contributed by atoms with Gasteiger partial charge in [0.1, 0.15) is 5.82 Å². The van der Waals surface area contributed by atoms with Gasteiger partial charge >= 0.3 is 5.97 Å². The van der Waals surface area contributed by atoms with Crippen molar-refractivity contribution in [3.8, 4) is 11.3 Å². The van der Waals surface area contributed by atoms with Crippen LogP contribution in [-0.2, 0) is 14.3 Å². The highest BCUT2D eigenvalue weighted by molar-refractivity contribution is 7.14. The number of hydrogen-bond donors (Lipinski definition) is 2. The normalized spacial score (nSPS) is 12.4. The number of aromatic nitrogens is 1.